The molecule has 0 aliphatic carbocycles. The summed E-state index contributed by atoms with van der Waals surface area (Å²) in [7, 11) is 0. The quantitative estimate of drug-likeness (QED) is 0.797. The molecule has 3 rings (SSSR count). The molecular formula is C18H18ClNOS. The standard InChI is InChI=1S/C18H18ClNOS/c19-16-8-4-7-15(13-16)18(21)20-10-9-17(22-12-11-20)14-5-2-1-3-6-14/h1-8,13,17H,9-12H2/t17-/m0/s1. The van der Waals surface area contributed by atoms with E-state index in [0.29, 0.717) is 15.8 Å². The van der Waals surface area contributed by atoms with Gasteiger partial charge in [0.25, 0.3) is 5.91 Å². The van der Waals surface area contributed by atoms with Crippen LogP contribution in [0.2, 0.25) is 5.02 Å². The zero-order valence-electron chi connectivity index (χ0n) is 12.2. The predicted octanol–water partition coefficient (Wildman–Crippen LogP) is 4.66. The number of carbonyl (C=O) groups excluding carboxylic acids is 1. The Bertz CT molecular complexity index is 647. The lowest BCUT2D eigenvalue weighted by Crippen LogP contribution is -2.32. The Balaban J connectivity index is 1.69. The summed E-state index contributed by atoms with van der Waals surface area (Å²) in [6, 6.07) is 17.7. The largest absolute Gasteiger partial charge is 0.338 e. The Labute approximate surface area is 140 Å². The van der Waals surface area contributed by atoms with Crippen molar-refractivity contribution in [1.82, 2.24) is 4.90 Å². The van der Waals surface area contributed by atoms with Crippen molar-refractivity contribution in [3.8, 4) is 0 Å². The van der Waals surface area contributed by atoms with Gasteiger partial charge < -0.3 is 4.90 Å². The van der Waals surface area contributed by atoms with Crippen molar-refractivity contribution in [1.29, 1.82) is 0 Å². The third-order valence-electron chi connectivity index (χ3n) is 3.87. The summed E-state index contributed by atoms with van der Waals surface area (Å²) in [6.07, 6.45) is 0.987. The SMILES string of the molecule is O=C(c1cccc(Cl)c1)N1CCS[C@H](c2ccccc2)CC1. The number of nitrogens with zero attached hydrogens (tertiary/aromatic N) is 1. The van der Waals surface area contributed by atoms with E-state index < -0.39 is 0 Å². The second kappa shape index (κ2) is 7.21. The van der Waals surface area contributed by atoms with Crippen LogP contribution in [0, 0.1) is 0 Å². The van der Waals surface area contributed by atoms with Crippen LogP contribution in [0.4, 0.5) is 0 Å². The highest BCUT2D eigenvalue weighted by molar-refractivity contribution is 7.99. The number of rotatable bonds is 2. The van der Waals surface area contributed by atoms with Crippen LogP contribution in [-0.4, -0.2) is 29.6 Å². The predicted molar refractivity (Wildman–Crippen MR) is 93.6 cm³/mol. The Kier molecular flexibility index (Phi) is 5.06. The van der Waals surface area contributed by atoms with Gasteiger partial charge in [-0.25, -0.2) is 0 Å². The maximum absolute atomic E-state index is 12.6. The third kappa shape index (κ3) is 3.65. The number of amides is 1. The van der Waals surface area contributed by atoms with Crippen molar-refractivity contribution >= 4 is 29.3 Å². The Hall–Kier alpha value is -1.45. The number of carbonyl (C=O) groups is 1. The molecule has 0 aromatic heterocycles. The van der Waals surface area contributed by atoms with Gasteiger partial charge in [0.2, 0.25) is 0 Å². The number of thioether (sulfide) groups is 1. The second-order valence-corrected chi connectivity index (χ2v) is 7.11. The average Bonchev–Trinajstić information content (AvgIpc) is 2.81. The van der Waals surface area contributed by atoms with Gasteiger partial charge in [-0.15, -0.1) is 0 Å². The highest BCUT2D eigenvalue weighted by atomic mass is 35.5. The molecule has 0 N–H and O–H groups in total. The van der Waals surface area contributed by atoms with E-state index in [4.69, 9.17) is 11.6 Å². The van der Waals surface area contributed by atoms with Crippen molar-refractivity contribution in [2.24, 2.45) is 0 Å². The molecule has 114 valence electrons. The summed E-state index contributed by atoms with van der Waals surface area (Å²) in [6.45, 7) is 1.58. The first kappa shape index (κ1) is 15.4. The van der Waals surface area contributed by atoms with Gasteiger partial charge >= 0.3 is 0 Å². The lowest BCUT2D eigenvalue weighted by atomic mass is 10.1. The van der Waals surface area contributed by atoms with Gasteiger partial charge in [0.15, 0.2) is 0 Å². The molecule has 0 bridgehead atoms. The molecule has 2 aromatic rings. The van der Waals surface area contributed by atoms with Crippen molar-refractivity contribution in [3.63, 3.8) is 0 Å². The minimum atomic E-state index is 0.0804. The monoisotopic (exact) mass is 331 g/mol. The Morgan fingerprint density at radius 1 is 1.09 bits per heavy atom. The van der Waals surface area contributed by atoms with Crippen LogP contribution in [0.15, 0.2) is 54.6 Å². The van der Waals surface area contributed by atoms with Crippen LogP contribution in [-0.2, 0) is 0 Å². The highest BCUT2D eigenvalue weighted by Gasteiger charge is 2.22. The van der Waals surface area contributed by atoms with Crippen LogP contribution in [0.3, 0.4) is 0 Å². The highest BCUT2D eigenvalue weighted by Crippen LogP contribution is 2.34. The first-order chi connectivity index (χ1) is 10.7. The van der Waals surface area contributed by atoms with E-state index in [9.17, 15) is 4.79 Å². The van der Waals surface area contributed by atoms with E-state index >= 15 is 0 Å². The fourth-order valence-electron chi connectivity index (χ4n) is 2.71. The van der Waals surface area contributed by atoms with Crippen molar-refractivity contribution in [2.45, 2.75) is 11.7 Å². The topological polar surface area (TPSA) is 20.3 Å². The molecule has 2 nitrogen and oxygen atoms in total. The molecular weight excluding hydrogens is 314 g/mol. The number of hydrogen-bond donors (Lipinski definition) is 0. The first-order valence-electron chi connectivity index (χ1n) is 7.45. The molecule has 1 aliphatic rings. The van der Waals surface area contributed by atoms with Crippen molar-refractivity contribution in [3.05, 3.63) is 70.7 Å². The van der Waals surface area contributed by atoms with E-state index in [0.717, 1.165) is 25.3 Å². The molecule has 1 amide bonds. The molecule has 0 saturated carbocycles. The molecule has 22 heavy (non-hydrogen) atoms. The zero-order chi connectivity index (χ0) is 15.4. The zero-order valence-corrected chi connectivity index (χ0v) is 13.8. The normalized spacial score (nSPS) is 18.8. The summed E-state index contributed by atoms with van der Waals surface area (Å²) < 4.78 is 0. The molecule has 1 aliphatic heterocycles. The molecule has 2 aromatic carbocycles. The summed E-state index contributed by atoms with van der Waals surface area (Å²) in [4.78, 5) is 14.6. The second-order valence-electron chi connectivity index (χ2n) is 5.36. The smallest absolute Gasteiger partial charge is 0.253 e. The fourth-order valence-corrected chi connectivity index (χ4v) is 4.13. The summed E-state index contributed by atoms with van der Waals surface area (Å²) in [5.74, 6) is 1.04. The van der Waals surface area contributed by atoms with Crippen molar-refractivity contribution < 1.29 is 4.79 Å². The minimum absolute atomic E-state index is 0.0804. The first-order valence-corrected chi connectivity index (χ1v) is 8.88. The molecule has 4 heteroatoms. The van der Waals surface area contributed by atoms with Crippen molar-refractivity contribution in [2.75, 3.05) is 18.8 Å². The molecule has 1 saturated heterocycles. The molecule has 0 spiro atoms. The van der Waals surface area contributed by atoms with E-state index in [-0.39, 0.29) is 5.91 Å². The molecule has 0 radical (unpaired) electrons. The van der Waals surface area contributed by atoms with Gasteiger partial charge in [-0.2, -0.15) is 11.8 Å². The number of halogens is 1. The number of hydrogen-bond acceptors (Lipinski definition) is 2. The fraction of sp³-hybridized carbons (Fsp3) is 0.278. The van der Waals surface area contributed by atoms with Crippen LogP contribution in [0.5, 0.6) is 0 Å². The Morgan fingerprint density at radius 3 is 2.68 bits per heavy atom. The summed E-state index contributed by atoms with van der Waals surface area (Å²) in [5, 5.41) is 1.08. The van der Waals surface area contributed by atoms with Gasteiger partial charge in [0.05, 0.1) is 0 Å². The maximum Gasteiger partial charge on any atom is 0.253 e. The van der Waals surface area contributed by atoms with Gasteiger partial charge in [-0.1, -0.05) is 48.0 Å². The molecule has 1 atom stereocenters. The van der Waals surface area contributed by atoms with E-state index in [1.807, 2.05) is 34.9 Å². The van der Waals surface area contributed by atoms with E-state index in [2.05, 4.69) is 24.3 Å². The molecule has 1 fully saturated rings. The lowest BCUT2D eigenvalue weighted by Gasteiger charge is -2.20. The maximum atomic E-state index is 12.6. The van der Waals surface area contributed by atoms with Crippen LogP contribution in [0.1, 0.15) is 27.6 Å². The van der Waals surface area contributed by atoms with Gasteiger partial charge in [0.1, 0.15) is 0 Å². The van der Waals surface area contributed by atoms with E-state index in [1.165, 1.54) is 5.56 Å². The average molecular weight is 332 g/mol. The van der Waals surface area contributed by atoms with Crippen LogP contribution >= 0.6 is 23.4 Å². The van der Waals surface area contributed by atoms with Gasteiger partial charge in [-0.3, -0.25) is 4.79 Å². The number of benzene rings is 2. The summed E-state index contributed by atoms with van der Waals surface area (Å²) >= 11 is 7.93. The Morgan fingerprint density at radius 2 is 1.91 bits per heavy atom. The van der Waals surface area contributed by atoms with E-state index in [1.54, 1.807) is 12.1 Å². The summed E-state index contributed by atoms with van der Waals surface area (Å²) in [5.41, 5.74) is 2.03. The van der Waals surface area contributed by atoms with Gasteiger partial charge in [-0.05, 0) is 30.2 Å². The molecule has 1 heterocycles. The third-order valence-corrected chi connectivity index (χ3v) is 5.44. The molecule has 0 unspecified atom stereocenters. The minimum Gasteiger partial charge on any atom is -0.338 e. The van der Waals surface area contributed by atoms with Crippen LogP contribution < -0.4 is 0 Å². The van der Waals surface area contributed by atoms with Gasteiger partial charge in [0, 0.05) is 34.7 Å². The van der Waals surface area contributed by atoms with Crippen LogP contribution in [0.25, 0.3) is 0 Å². The lowest BCUT2D eigenvalue weighted by molar-refractivity contribution is 0.0766.